The van der Waals surface area contributed by atoms with E-state index in [1.54, 1.807) is 7.05 Å². The summed E-state index contributed by atoms with van der Waals surface area (Å²) < 4.78 is 0. The summed E-state index contributed by atoms with van der Waals surface area (Å²) >= 11 is 0. The number of amides is 1. The lowest BCUT2D eigenvalue weighted by Gasteiger charge is -2.28. The van der Waals surface area contributed by atoms with Crippen molar-refractivity contribution >= 4 is 5.91 Å². The van der Waals surface area contributed by atoms with E-state index >= 15 is 0 Å². The van der Waals surface area contributed by atoms with Gasteiger partial charge in [0.05, 0.1) is 6.54 Å². The zero-order chi connectivity index (χ0) is 9.68. The Hall–Kier alpha value is -0.610. The molecule has 4 nitrogen and oxygen atoms in total. The summed E-state index contributed by atoms with van der Waals surface area (Å²) in [6, 6.07) is 0. The molecule has 0 bridgehead atoms. The average Bonchev–Trinajstić information content (AvgIpc) is 2.01. The lowest BCUT2D eigenvalue weighted by Crippen LogP contribution is -2.44. The van der Waals surface area contributed by atoms with Gasteiger partial charge >= 0.3 is 0 Å². The van der Waals surface area contributed by atoms with Crippen LogP contribution in [0.4, 0.5) is 0 Å². The van der Waals surface area contributed by atoms with E-state index in [0.717, 1.165) is 25.6 Å². The molecule has 0 atom stereocenters. The number of nitrogens with zero attached hydrogens (tertiary/aromatic N) is 1. The Bertz CT molecular complexity index is 168. The van der Waals surface area contributed by atoms with E-state index in [1.807, 2.05) is 7.05 Å². The molecule has 4 heteroatoms. The SMILES string of the molecule is CNC(=O)CN(C)CCC1CNC1. The predicted molar refractivity (Wildman–Crippen MR) is 52.5 cm³/mol. The van der Waals surface area contributed by atoms with Crippen LogP contribution in [-0.2, 0) is 4.79 Å². The molecule has 0 aromatic heterocycles. The summed E-state index contributed by atoms with van der Waals surface area (Å²) in [5.41, 5.74) is 0. The quantitative estimate of drug-likeness (QED) is 0.594. The van der Waals surface area contributed by atoms with E-state index in [2.05, 4.69) is 15.5 Å². The first-order valence-corrected chi connectivity index (χ1v) is 4.82. The molecule has 1 amide bonds. The third-order valence-corrected chi connectivity index (χ3v) is 2.48. The van der Waals surface area contributed by atoms with Crippen molar-refractivity contribution in [3.8, 4) is 0 Å². The molecule has 1 fully saturated rings. The smallest absolute Gasteiger partial charge is 0.233 e. The van der Waals surface area contributed by atoms with Crippen molar-refractivity contribution in [1.29, 1.82) is 0 Å². The molecular formula is C9H19N3O. The van der Waals surface area contributed by atoms with E-state index in [9.17, 15) is 4.79 Å². The third-order valence-electron chi connectivity index (χ3n) is 2.48. The van der Waals surface area contributed by atoms with Crippen molar-refractivity contribution in [1.82, 2.24) is 15.5 Å². The molecule has 1 heterocycles. The number of nitrogens with one attached hydrogen (secondary N) is 2. The molecule has 2 N–H and O–H groups in total. The van der Waals surface area contributed by atoms with Gasteiger partial charge in [0.25, 0.3) is 0 Å². The maximum Gasteiger partial charge on any atom is 0.233 e. The van der Waals surface area contributed by atoms with Crippen LogP contribution in [0.15, 0.2) is 0 Å². The zero-order valence-corrected chi connectivity index (χ0v) is 8.47. The van der Waals surface area contributed by atoms with Gasteiger partial charge in [0.2, 0.25) is 5.91 Å². The van der Waals surface area contributed by atoms with Gasteiger partial charge in [0, 0.05) is 7.05 Å². The van der Waals surface area contributed by atoms with Crippen LogP contribution in [0.1, 0.15) is 6.42 Å². The van der Waals surface area contributed by atoms with E-state index in [4.69, 9.17) is 0 Å². The molecule has 13 heavy (non-hydrogen) atoms. The number of rotatable bonds is 5. The summed E-state index contributed by atoms with van der Waals surface area (Å²) in [4.78, 5) is 13.1. The van der Waals surface area contributed by atoms with Gasteiger partial charge in [-0.1, -0.05) is 0 Å². The molecule has 76 valence electrons. The molecule has 0 saturated carbocycles. The lowest BCUT2D eigenvalue weighted by molar-refractivity contribution is -0.121. The van der Waals surface area contributed by atoms with E-state index in [1.165, 1.54) is 6.42 Å². The van der Waals surface area contributed by atoms with Crippen molar-refractivity contribution in [2.75, 3.05) is 40.3 Å². The van der Waals surface area contributed by atoms with Crippen molar-refractivity contribution in [2.24, 2.45) is 5.92 Å². The molecule has 1 saturated heterocycles. The number of hydrogen-bond donors (Lipinski definition) is 2. The van der Waals surface area contributed by atoms with Gasteiger partial charge in [0.15, 0.2) is 0 Å². The highest BCUT2D eigenvalue weighted by Crippen LogP contribution is 2.08. The predicted octanol–water partition coefficient (Wildman–Crippen LogP) is -0.726. The van der Waals surface area contributed by atoms with Gasteiger partial charge in [-0.05, 0) is 39.0 Å². The molecule has 1 rings (SSSR count). The Labute approximate surface area is 79.7 Å². The normalized spacial score (nSPS) is 17.2. The van der Waals surface area contributed by atoms with E-state index in [-0.39, 0.29) is 5.91 Å². The molecule has 1 aliphatic heterocycles. The van der Waals surface area contributed by atoms with Crippen molar-refractivity contribution in [3.05, 3.63) is 0 Å². The topological polar surface area (TPSA) is 44.4 Å². The van der Waals surface area contributed by atoms with Gasteiger partial charge in [-0.15, -0.1) is 0 Å². The largest absolute Gasteiger partial charge is 0.358 e. The molecule has 0 unspecified atom stereocenters. The van der Waals surface area contributed by atoms with Crippen LogP contribution in [0.2, 0.25) is 0 Å². The lowest BCUT2D eigenvalue weighted by atomic mass is 9.99. The molecule has 0 aromatic rings. The first-order chi connectivity index (χ1) is 6.22. The van der Waals surface area contributed by atoms with Crippen LogP contribution in [0, 0.1) is 5.92 Å². The minimum absolute atomic E-state index is 0.0919. The minimum atomic E-state index is 0.0919. The Morgan fingerprint density at radius 2 is 2.31 bits per heavy atom. The minimum Gasteiger partial charge on any atom is -0.358 e. The molecule has 0 spiro atoms. The van der Waals surface area contributed by atoms with Gasteiger partial charge in [0.1, 0.15) is 0 Å². The standard InChI is InChI=1S/C9H19N3O/c1-10-9(13)7-12(2)4-3-8-5-11-6-8/h8,11H,3-7H2,1-2H3,(H,10,13). The molecule has 1 aliphatic rings. The van der Waals surface area contributed by atoms with E-state index < -0.39 is 0 Å². The van der Waals surface area contributed by atoms with Crippen LogP contribution in [0.3, 0.4) is 0 Å². The highest BCUT2D eigenvalue weighted by molar-refractivity contribution is 5.77. The zero-order valence-electron chi connectivity index (χ0n) is 8.47. The Balaban J connectivity index is 2.02. The van der Waals surface area contributed by atoms with Crippen LogP contribution in [0.25, 0.3) is 0 Å². The number of likely N-dealkylation sites (N-methyl/N-ethyl adjacent to an activating group) is 2. The molecule has 0 radical (unpaired) electrons. The monoisotopic (exact) mass is 185 g/mol. The summed E-state index contributed by atoms with van der Waals surface area (Å²) in [6.07, 6.45) is 1.19. The summed E-state index contributed by atoms with van der Waals surface area (Å²) in [7, 11) is 3.66. The fraction of sp³-hybridized carbons (Fsp3) is 0.889. The Morgan fingerprint density at radius 1 is 1.62 bits per heavy atom. The first kappa shape index (κ1) is 10.5. The number of hydrogen-bond acceptors (Lipinski definition) is 3. The molecule has 0 aliphatic carbocycles. The van der Waals surface area contributed by atoms with E-state index in [0.29, 0.717) is 6.54 Å². The number of carbonyl (C=O) groups is 1. The maximum atomic E-state index is 11.0. The number of carbonyl (C=O) groups excluding carboxylic acids is 1. The Kier molecular flexibility index (Phi) is 4.18. The highest BCUT2D eigenvalue weighted by atomic mass is 16.1. The van der Waals surface area contributed by atoms with Crippen LogP contribution in [0.5, 0.6) is 0 Å². The fourth-order valence-electron chi connectivity index (χ4n) is 1.36. The molecule has 0 aromatic carbocycles. The van der Waals surface area contributed by atoms with Gasteiger partial charge in [-0.25, -0.2) is 0 Å². The second-order valence-corrected chi connectivity index (χ2v) is 3.72. The molecular weight excluding hydrogens is 166 g/mol. The third kappa shape index (κ3) is 3.74. The summed E-state index contributed by atoms with van der Waals surface area (Å²) in [5.74, 6) is 0.918. The second kappa shape index (κ2) is 5.19. The summed E-state index contributed by atoms with van der Waals surface area (Å²) in [5, 5.41) is 5.86. The van der Waals surface area contributed by atoms with Crippen LogP contribution in [-0.4, -0.2) is 51.1 Å². The summed E-state index contributed by atoms with van der Waals surface area (Å²) in [6.45, 7) is 3.82. The first-order valence-electron chi connectivity index (χ1n) is 4.82. The second-order valence-electron chi connectivity index (χ2n) is 3.72. The van der Waals surface area contributed by atoms with Crippen molar-refractivity contribution in [2.45, 2.75) is 6.42 Å². The van der Waals surface area contributed by atoms with Gasteiger partial charge in [-0.3, -0.25) is 9.69 Å². The highest BCUT2D eigenvalue weighted by Gasteiger charge is 2.16. The van der Waals surface area contributed by atoms with Crippen LogP contribution < -0.4 is 10.6 Å². The van der Waals surface area contributed by atoms with Crippen molar-refractivity contribution in [3.63, 3.8) is 0 Å². The Morgan fingerprint density at radius 3 is 2.77 bits per heavy atom. The fourth-order valence-corrected chi connectivity index (χ4v) is 1.36. The van der Waals surface area contributed by atoms with Crippen LogP contribution >= 0.6 is 0 Å². The average molecular weight is 185 g/mol. The maximum absolute atomic E-state index is 11.0. The van der Waals surface area contributed by atoms with Gasteiger partial charge < -0.3 is 10.6 Å². The van der Waals surface area contributed by atoms with Crippen molar-refractivity contribution < 1.29 is 4.79 Å². The van der Waals surface area contributed by atoms with Gasteiger partial charge in [-0.2, -0.15) is 0 Å².